The van der Waals surface area contributed by atoms with Crippen LogP contribution >= 0.6 is 0 Å². The van der Waals surface area contributed by atoms with Gasteiger partial charge in [-0.3, -0.25) is 10.1 Å². The molecule has 1 aromatic rings. The van der Waals surface area contributed by atoms with E-state index in [0.29, 0.717) is 13.2 Å². The number of rotatable bonds is 5. The fourth-order valence-corrected chi connectivity index (χ4v) is 1.16. The summed E-state index contributed by atoms with van der Waals surface area (Å²) in [7, 11) is 1.92. The van der Waals surface area contributed by atoms with E-state index in [0.717, 1.165) is 5.82 Å². The van der Waals surface area contributed by atoms with Crippen LogP contribution in [0.25, 0.3) is 0 Å². The van der Waals surface area contributed by atoms with Crippen molar-refractivity contribution in [1.82, 2.24) is 14.9 Å². The molecule has 15 heavy (non-hydrogen) atoms. The maximum absolute atomic E-state index is 11.3. The van der Waals surface area contributed by atoms with Crippen LogP contribution in [0, 0.1) is 0 Å². The average Bonchev–Trinajstić information content (AvgIpc) is 2.61. The van der Waals surface area contributed by atoms with Crippen molar-refractivity contribution in [3.05, 3.63) is 18.2 Å². The van der Waals surface area contributed by atoms with E-state index in [4.69, 9.17) is 4.74 Å². The topological polar surface area (TPSA) is 56.1 Å². The standard InChI is InChI=1S/C10H17N3O2/c1-4-15-10(14)8(2)12-7-9-11-5-6-13(9)3/h5-6,8,12H,4,7H2,1-3H3. The summed E-state index contributed by atoms with van der Waals surface area (Å²) >= 11 is 0. The maximum Gasteiger partial charge on any atom is 0.322 e. The molecule has 0 amide bonds. The minimum atomic E-state index is -0.304. The van der Waals surface area contributed by atoms with Gasteiger partial charge in [0, 0.05) is 19.4 Å². The minimum Gasteiger partial charge on any atom is -0.465 e. The third-order valence-corrected chi connectivity index (χ3v) is 2.13. The molecule has 0 spiro atoms. The van der Waals surface area contributed by atoms with Gasteiger partial charge in [-0.15, -0.1) is 0 Å². The van der Waals surface area contributed by atoms with Crippen molar-refractivity contribution in [2.75, 3.05) is 6.61 Å². The predicted octanol–water partition coefficient (Wildman–Crippen LogP) is 0.461. The molecule has 0 aromatic carbocycles. The van der Waals surface area contributed by atoms with Crippen molar-refractivity contribution < 1.29 is 9.53 Å². The number of carbonyl (C=O) groups is 1. The van der Waals surface area contributed by atoms with E-state index in [1.807, 2.05) is 17.8 Å². The van der Waals surface area contributed by atoms with Crippen LogP contribution in [-0.4, -0.2) is 28.2 Å². The van der Waals surface area contributed by atoms with Crippen molar-refractivity contribution >= 4 is 5.97 Å². The van der Waals surface area contributed by atoms with Crippen LogP contribution in [0.3, 0.4) is 0 Å². The van der Waals surface area contributed by atoms with Crippen molar-refractivity contribution in [3.8, 4) is 0 Å². The van der Waals surface area contributed by atoms with Crippen molar-refractivity contribution in [1.29, 1.82) is 0 Å². The van der Waals surface area contributed by atoms with Crippen molar-refractivity contribution in [2.24, 2.45) is 7.05 Å². The van der Waals surface area contributed by atoms with Gasteiger partial charge in [-0.25, -0.2) is 4.98 Å². The molecule has 0 aliphatic heterocycles. The fraction of sp³-hybridized carbons (Fsp3) is 0.600. The monoisotopic (exact) mass is 211 g/mol. The molecule has 1 atom stereocenters. The van der Waals surface area contributed by atoms with Gasteiger partial charge in [0.25, 0.3) is 0 Å². The molecule has 0 radical (unpaired) electrons. The summed E-state index contributed by atoms with van der Waals surface area (Å²) in [6.07, 6.45) is 3.60. The van der Waals surface area contributed by atoms with Crippen LogP contribution in [-0.2, 0) is 23.1 Å². The fourth-order valence-electron chi connectivity index (χ4n) is 1.16. The lowest BCUT2D eigenvalue weighted by Gasteiger charge is -2.12. The number of imidazole rings is 1. The number of hydrogen-bond acceptors (Lipinski definition) is 4. The second-order valence-corrected chi connectivity index (χ2v) is 3.31. The third kappa shape index (κ3) is 3.36. The van der Waals surface area contributed by atoms with Crippen molar-refractivity contribution in [2.45, 2.75) is 26.4 Å². The quantitative estimate of drug-likeness (QED) is 0.719. The Hall–Kier alpha value is -1.36. The first kappa shape index (κ1) is 11.7. The molecule has 1 aromatic heterocycles. The van der Waals surface area contributed by atoms with Gasteiger partial charge in [0.15, 0.2) is 0 Å². The van der Waals surface area contributed by atoms with Crippen molar-refractivity contribution in [3.63, 3.8) is 0 Å². The summed E-state index contributed by atoms with van der Waals surface area (Å²) in [6, 6.07) is -0.304. The highest BCUT2D eigenvalue weighted by atomic mass is 16.5. The van der Waals surface area contributed by atoms with Crippen LogP contribution in [0.5, 0.6) is 0 Å². The molecule has 1 N–H and O–H groups in total. The average molecular weight is 211 g/mol. The number of carbonyl (C=O) groups excluding carboxylic acids is 1. The molecule has 1 heterocycles. The number of nitrogens with zero attached hydrogens (tertiary/aromatic N) is 2. The Morgan fingerprint density at radius 2 is 2.47 bits per heavy atom. The van der Waals surface area contributed by atoms with E-state index in [-0.39, 0.29) is 12.0 Å². The first-order valence-corrected chi connectivity index (χ1v) is 5.01. The smallest absolute Gasteiger partial charge is 0.322 e. The molecule has 5 nitrogen and oxygen atoms in total. The van der Waals surface area contributed by atoms with Gasteiger partial charge >= 0.3 is 5.97 Å². The maximum atomic E-state index is 11.3. The highest BCUT2D eigenvalue weighted by Gasteiger charge is 2.13. The van der Waals surface area contributed by atoms with Gasteiger partial charge in [-0.2, -0.15) is 0 Å². The molecule has 0 saturated carbocycles. The number of esters is 1. The lowest BCUT2D eigenvalue weighted by Crippen LogP contribution is -2.35. The summed E-state index contributed by atoms with van der Waals surface area (Å²) in [5, 5.41) is 3.05. The molecule has 1 rings (SSSR count). The number of nitrogens with one attached hydrogen (secondary N) is 1. The zero-order valence-electron chi connectivity index (χ0n) is 9.36. The third-order valence-electron chi connectivity index (χ3n) is 2.13. The van der Waals surface area contributed by atoms with E-state index >= 15 is 0 Å². The molecular formula is C10H17N3O2. The van der Waals surface area contributed by atoms with Gasteiger partial charge in [0.2, 0.25) is 0 Å². The first-order chi connectivity index (χ1) is 7.15. The summed E-state index contributed by atoms with van der Waals surface area (Å²) < 4.78 is 6.78. The Morgan fingerprint density at radius 3 is 3.00 bits per heavy atom. The normalized spacial score (nSPS) is 12.5. The molecular weight excluding hydrogens is 194 g/mol. The van der Waals surface area contributed by atoms with Gasteiger partial charge in [-0.1, -0.05) is 0 Å². The van der Waals surface area contributed by atoms with Gasteiger partial charge < -0.3 is 9.30 Å². The molecule has 84 valence electrons. The van der Waals surface area contributed by atoms with Gasteiger partial charge in [-0.05, 0) is 13.8 Å². The number of aryl methyl sites for hydroxylation is 1. The first-order valence-electron chi connectivity index (χ1n) is 5.01. The number of ether oxygens (including phenoxy) is 1. The summed E-state index contributed by atoms with van der Waals surface area (Å²) in [4.78, 5) is 15.4. The van der Waals surface area contributed by atoms with E-state index in [9.17, 15) is 4.79 Å². The zero-order chi connectivity index (χ0) is 11.3. The van der Waals surface area contributed by atoms with E-state index in [2.05, 4.69) is 10.3 Å². The van der Waals surface area contributed by atoms with Crippen LogP contribution in [0.2, 0.25) is 0 Å². The summed E-state index contributed by atoms with van der Waals surface area (Å²) in [5.41, 5.74) is 0. The SMILES string of the molecule is CCOC(=O)C(C)NCc1nccn1C. The van der Waals surface area contributed by atoms with E-state index in [1.165, 1.54) is 0 Å². The lowest BCUT2D eigenvalue weighted by atomic mass is 10.3. The molecule has 1 unspecified atom stereocenters. The molecule has 0 aliphatic carbocycles. The second-order valence-electron chi connectivity index (χ2n) is 3.31. The van der Waals surface area contributed by atoms with Crippen LogP contribution < -0.4 is 5.32 Å². The lowest BCUT2D eigenvalue weighted by molar-refractivity contribution is -0.145. The largest absolute Gasteiger partial charge is 0.465 e. The van der Waals surface area contributed by atoms with Crippen LogP contribution in [0.1, 0.15) is 19.7 Å². The number of hydrogen-bond donors (Lipinski definition) is 1. The summed E-state index contributed by atoms with van der Waals surface area (Å²) in [6.45, 7) is 4.54. The Labute approximate surface area is 89.4 Å². The highest BCUT2D eigenvalue weighted by molar-refractivity contribution is 5.75. The Bertz CT molecular complexity index is 322. The second kappa shape index (κ2) is 5.50. The molecule has 0 bridgehead atoms. The van der Waals surface area contributed by atoms with Gasteiger partial charge in [0.1, 0.15) is 11.9 Å². The Kier molecular flexibility index (Phi) is 4.30. The highest BCUT2D eigenvalue weighted by Crippen LogP contribution is 1.95. The molecule has 0 fully saturated rings. The van der Waals surface area contributed by atoms with Gasteiger partial charge in [0.05, 0.1) is 13.2 Å². The molecule has 0 saturated heterocycles. The summed E-state index contributed by atoms with van der Waals surface area (Å²) in [5.74, 6) is 0.665. The number of aromatic nitrogens is 2. The molecule has 5 heteroatoms. The molecule has 0 aliphatic rings. The zero-order valence-corrected chi connectivity index (χ0v) is 9.36. The van der Waals surface area contributed by atoms with E-state index in [1.54, 1.807) is 20.0 Å². The minimum absolute atomic E-state index is 0.230. The predicted molar refractivity (Wildman–Crippen MR) is 56.1 cm³/mol. The van der Waals surface area contributed by atoms with Crippen LogP contribution in [0.15, 0.2) is 12.4 Å². The van der Waals surface area contributed by atoms with Crippen LogP contribution in [0.4, 0.5) is 0 Å². The Balaban J connectivity index is 2.37. The Morgan fingerprint density at radius 1 is 1.73 bits per heavy atom. The van der Waals surface area contributed by atoms with E-state index < -0.39 is 0 Å².